The molecule has 1 heterocycles. The van der Waals surface area contributed by atoms with Gasteiger partial charge in [0, 0.05) is 37.0 Å². The van der Waals surface area contributed by atoms with Crippen LogP contribution in [0.5, 0.6) is 0 Å². The Labute approximate surface area is 234 Å². The predicted octanol–water partition coefficient (Wildman–Crippen LogP) is 3.14. The summed E-state index contributed by atoms with van der Waals surface area (Å²) in [6.07, 6.45) is -1.34. The molecule has 0 spiro atoms. The summed E-state index contributed by atoms with van der Waals surface area (Å²) in [5.41, 5.74) is -6.31. The van der Waals surface area contributed by atoms with Crippen molar-refractivity contribution in [1.29, 1.82) is 0 Å². The van der Waals surface area contributed by atoms with Gasteiger partial charge in [-0.2, -0.15) is 0 Å². The van der Waals surface area contributed by atoms with Gasteiger partial charge >= 0.3 is 23.9 Å². The number of hydrogen-bond donors (Lipinski definition) is 0. The van der Waals surface area contributed by atoms with Crippen molar-refractivity contribution < 1.29 is 47.7 Å². The third kappa shape index (κ3) is 3.59. The minimum atomic E-state index is -2.20. The number of fused-ring (bicyclic) bond motifs is 5. The van der Waals surface area contributed by atoms with E-state index >= 15 is 0 Å². The van der Waals surface area contributed by atoms with Gasteiger partial charge in [-0.05, 0) is 38.0 Å². The van der Waals surface area contributed by atoms with E-state index in [1.165, 1.54) is 20.8 Å². The highest BCUT2D eigenvalue weighted by Crippen LogP contribution is 2.73. The van der Waals surface area contributed by atoms with E-state index in [2.05, 4.69) is 6.58 Å². The Bertz CT molecular complexity index is 1230. The molecule has 3 saturated carbocycles. The molecular formula is C30H40O10. The van der Waals surface area contributed by atoms with E-state index in [9.17, 15) is 28.8 Å². The summed E-state index contributed by atoms with van der Waals surface area (Å²) in [6.45, 7) is 16.9. The van der Waals surface area contributed by atoms with Gasteiger partial charge in [0.05, 0.1) is 18.4 Å². The minimum Gasteiger partial charge on any atom is -0.466 e. The number of ketones is 2. The molecule has 1 aliphatic heterocycles. The van der Waals surface area contributed by atoms with Crippen molar-refractivity contribution in [3.8, 4) is 0 Å². The van der Waals surface area contributed by atoms with Gasteiger partial charge in [-0.3, -0.25) is 24.0 Å². The summed E-state index contributed by atoms with van der Waals surface area (Å²) in [4.78, 5) is 79.5. The van der Waals surface area contributed by atoms with Crippen molar-refractivity contribution in [3.05, 3.63) is 12.2 Å². The zero-order valence-corrected chi connectivity index (χ0v) is 24.8. The number of cyclic esters (lactones) is 1. The van der Waals surface area contributed by atoms with Crippen LogP contribution in [-0.4, -0.2) is 60.4 Å². The zero-order valence-electron chi connectivity index (χ0n) is 24.8. The first-order valence-corrected chi connectivity index (χ1v) is 13.7. The number of esters is 4. The normalized spacial score (nSPS) is 43.9. The molecule has 1 saturated heterocycles. The third-order valence-electron chi connectivity index (χ3n) is 10.9. The summed E-state index contributed by atoms with van der Waals surface area (Å²) in [6, 6.07) is 0. The van der Waals surface area contributed by atoms with Crippen molar-refractivity contribution in [2.45, 2.75) is 92.5 Å². The molecule has 0 aromatic rings. The number of ether oxygens (including phenoxy) is 4. The summed E-state index contributed by atoms with van der Waals surface area (Å²) < 4.78 is 22.4. The van der Waals surface area contributed by atoms with Crippen molar-refractivity contribution in [2.75, 3.05) is 7.11 Å². The lowest BCUT2D eigenvalue weighted by molar-refractivity contribution is -0.280. The minimum absolute atomic E-state index is 0.00196. The van der Waals surface area contributed by atoms with Crippen LogP contribution in [0.4, 0.5) is 0 Å². The number of carbonyl (C=O) groups is 6. The number of rotatable bonds is 3. The molecule has 0 N–H and O–H groups in total. The van der Waals surface area contributed by atoms with E-state index in [4.69, 9.17) is 18.9 Å². The van der Waals surface area contributed by atoms with Gasteiger partial charge in [-0.1, -0.05) is 39.8 Å². The molecule has 3 aliphatic carbocycles. The molecule has 0 amide bonds. The Balaban J connectivity index is 2.04. The molecule has 220 valence electrons. The summed E-state index contributed by atoms with van der Waals surface area (Å²) in [7, 11) is 1.10. The van der Waals surface area contributed by atoms with Gasteiger partial charge in [0.15, 0.2) is 5.78 Å². The SMILES string of the molecule is C=C1C[C@H]2[C@@]3(C)CCC(=O)C(C)(C)[C@@H]3[C@@H](OC(C)=O)[C@H](OC(C)=O)[C@@]2(C)[C@H]2C(=O)O[C@](C)(C(=O)OC)C(=O)[C@]12C. The fourth-order valence-corrected chi connectivity index (χ4v) is 9.18. The molecule has 0 aromatic heterocycles. The first-order chi connectivity index (χ1) is 18.2. The van der Waals surface area contributed by atoms with Gasteiger partial charge in [0.1, 0.15) is 18.0 Å². The average molecular weight is 561 g/mol. The lowest BCUT2D eigenvalue weighted by Gasteiger charge is -2.70. The second-order valence-corrected chi connectivity index (χ2v) is 13.4. The number of allylic oxidation sites excluding steroid dienone is 1. The van der Waals surface area contributed by atoms with E-state index in [-0.39, 0.29) is 18.6 Å². The standard InChI is InChI=1S/C30H40O10/c1-14-13-17-27(6)12-11-18(33)26(4,5)20(27)19(38-15(2)31)22(39-16(3)32)29(17,8)21-23(34)40-30(9,25(36)37-10)24(35)28(14,21)7/h17,19-22H,1,11-13H2,2-10H3/t17-,19+,20-,21-,22-,27+,28+,29+,30-/m0/s1. The Hall–Kier alpha value is -3.04. The molecule has 40 heavy (non-hydrogen) atoms. The van der Waals surface area contributed by atoms with Crippen LogP contribution in [0.2, 0.25) is 0 Å². The van der Waals surface area contributed by atoms with E-state index < -0.39 is 86.9 Å². The molecule has 9 atom stereocenters. The fraction of sp³-hybridized carbons (Fsp3) is 0.733. The van der Waals surface area contributed by atoms with Gasteiger partial charge in [-0.15, -0.1) is 0 Å². The molecule has 0 radical (unpaired) electrons. The van der Waals surface area contributed by atoms with Gasteiger partial charge in [-0.25, -0.2) is 4.79 Å². The highest BCUT2D eigenvalue weighted by molar-refractivity contribution is 6.15. The van der Waals surface area contributed by atoms with Crippen LogP contribution in [0.3, 0.4) is 0 Å². The van der Waals surface area contributed by atoms with E-state index in [0.29, 0.717) is 12.0 Å². The molecule has 0 unspecified atom stereocenters. The summed E-state index contributed by atoms with van der Waals surface area (Å²) in [5.74, 6) is -6.08. The molecule has 0 aromatic carbocycles. The second-order valence-electron chi connectivity index (χ2n) is 13.4. The molecule has 10 nitrogen and oxygen atoms in total. The Kier molecular flexibility index (Phi) is 6.72. The van der Waals surface area contributed by atoms with Crippen LogP contribution >= 0.6 is 0 Å². The maximum atomic E-state index is 14.2. The molecular weight excluding hydrogens is 520 g/mol. The number of hydrogen-bond acceptors (Lipinski definition) is 10. The van der Waals surface area contributed by atoms with E-state index in [1.807, 2.05) is 20.8 Å². The number of methoxy groups -OCH3 is 1. The van der Waals surface area contributed by atoms with Crippen LogP contribution in [0.15, 0.2) is 12.2 Å². The van der Waals surface area contributed by atoms with Crippen LogP contribution in [0.1, 0.15) is 74.7 Å². The predicted molar refractivity (Wildman–Crippen MR) is 139 cm³/mol. The highest BCUT2D eigenvalue weighted by Gasteiger charge is 2.79. The highest BCUT2D eigenvalue weighted by atomic mass is 16.6. The monoisotopic (exact) mass is 560 g/mol. The lowest BCUT2D eigenvalue weighted by Crippen LogP contribution is -2.77. The van der Waals surface area contributed by atoms with Crippen molar-refractivity contribution >= 4 is 35.4 Å². The van der Waals surface area contributed by atoms with Crippen LogP contribution < -0.4 is 0 Å². The number of Topliss-reactive ketones (excluding diaryl/α,β-unsaturated/α-hetero) is 2. The Morgan fingerprint density at radius 3 is 2.05 bits per heavy atom. The second kappa shape index (κ2) is 8.98. The van der Waals surface area contributed by atoms with E-state index in [0.717, 1.165) is 7.11 Å². The van der Waals surface area contributed by atoms with E-state index in [1.54, 1.807) is 13.8 Å². The van der Waals surface area contributed by atoms with Crippen molar-refractivity contribution in [1.82, 2.24) is 0 Å². The van der Waals surface area contributed by atoms with Crippen molar-refractivity contribution in [2.24, 2.45) is 39.4 Å². The van der Waals surface area contributed by atoms with Gasteiger partial charge < -0.3 is 18.9 Å². The maximum Gasteiger partial charge on any atom is 0.358 e. The fourth-order valence-electron chi connectivity index (χ4n) is 9.18. The Morgan fingerprint density at radius 1 is 0.950 bits per heavy atom. The maximum absolute atomic E-state index is 14.2. The quantitative estimate of drug-likeness (QED) is 0.219. The molecule has 4 rings (SSSR count). The van der Waals surface area contributed by atoms with Crippen LogP contribution in [0.25, 0.3) is 0 Å². The zero-order chi connectivity index (χ0) is 30.4. The van der Waals surface area contributed by atoms with Crippen LogP contribution in [0, 0.1) is 39.4 Å². The number of carbonyl (C=O) groups excluding carboxylic acids is 6. The third-order valence-corrected chi connectivity index (χ3v) is 10.9. The summed E-state index contributed by atoms with van der Waals surface area (Å²) in [5, 5.41) is 0. The summed E-state index contributed by atoms with van der Waals surface area (Å²) >= 11 is 0. The van der Waals surface area contributed by atoms with Crippen LogP contribution in [-0.2, 0) is 47.7 Å². The van der Waals surface area contributed by atoms with Gasteiger partial charge in [0.2, 0.25) is 0 Å². The topological polar surface area (TPSA) is 139 Å². The Morgan fingerprint density at radius 2 is 1.52 bits per heavy atom. The molecule has 4 fully saturated rings. The molecule has 0 bridgehead atoms. The smallest absolute Gasteiger partial charge is 0.358 e. The van der Waals surface area contributed by atoms with Gasteiger partial charge in [0.25, 0.3) is 5.60 Å². The first-order valence-electron chi connectivity index (χ1n) is 13.7. The first kappa shape index (κ1) is 29.9. The molecule has 4 aliphatic rings. The molecule has 10 heteroatoms. The average Bonchev–Trinajstić information content (AvgIpc) is 2.83. The van der Waals surface area contributed by atoms with Crippen molar-refractivity contribution in [3.63, 3.8) is 0 Å². The lowest BCUT2D eigenvalue weighted by atomic mass is 9.34. The largest absolute Gasteiger partial charge is 0.466 e.